The zero-order valence-corrected chi connectivity index (χ0v) is 15.4. The van der Waals surface area contributed by atoms with Crippen LogP contribution in [0.5, 0.6) is 0 Å². The highest BCUT2D eigenvalue weighted by atomic mass is 16.4. The first-order valence-electron chi connectivity index (χ1n) is 9.04. The molecule has 4 rings (SSSR count). The van der Waals surface area contributed by atoms with Gasteiger partial charge in [0.25, 0.3) is 5.91 Å². The van der Waals surface area contributed by atoms with Crippen molar-refractivity contribution in [3.05, 3.63) is 102 Å². The molecule has 142 valence electrons. The predicted octanol–water partition coefficient (Wildman–Crippen LogP) is 4.60. The summed E-state index contributed by atoms with van der Waals surface area (Å²) < 4.78 is 1.67. The second kappa shape index (κ2) is 8.22. The van der Waals surface area contributed by atoms with E-state index in [1.54, 1.807) is 10.9 Å². The smallest absolute Gasteiger partial charge is 0.259 e. The Kier molecular flexibility index (Phi) is 5.16. The number of oxime groups is 1. The van der Waals surface area contributed by atoms with E-state index in [1.165, 1.54) is 6.21 Å². The molecular formula is C23H18N4O2. The van der Waals surface area contributed by atoms with E-state index in [0.717, 1.165) is 22.5 Å². The van der Waals surface area contributed by atoms with E-state index in [0.29, 0.717) is 11.3 Å². The lowest BCUT2D eigenvalue weighted by molar-refractivity contribution is 0.102. The van der Waals surface area contributed by atoms with Crippen LogP contribution in [-0.4, -0.2) is 27.1 Å². The van der Waals surface area contributed by atoms with Crippen LogP contribution in [0.1, 0.15) is 15.9 Å². The van der Waals surface area contributed by atoms with Crippen LogP contribution in [-0.2, 0) is 0 Å². The Labute approximate surface area is 167 Å². The fourth-order valence-electron chi connectivity index (χ4n) is 2.98. The summed E-state index contributed by atoms with van der Waals surface area (Å²) in [7, 11) is 0. The molecule has 0 atom stereocenters. The number of nitrogens with zero attached hydrogens (tertiary/aromatic N) is 3. The van der Waals surface area contributed by atoms with Crippen LogP contribution in [0, 0.1) is 0 Å². The Hall–Kier alpha value is -4.19. The molecular weight excluding hydrogens is 364 g/mol. The van der Waals surface area contributed by atoms with Crippen molar-refractivity contribution in [2.45, 2.75) is 0 Å². The summed E-state index contributed by atoms with van der Waals surface area (Å²) in [4.78, 5) is 13.0. The third kappa shape index (κ3) is 4.06. The lowest BCUT2D eigenvalue weighted by atomic mass is 10.1. The number of rotatable bonds is 5. The molecule has 2 N–H and O–H groups in total. The second-order valence-electron chi connectivity index (χ2n) is 6.36. The number of hydrogen-bond acceptors (Lipinski definition) is 4. The van der Waals surface area contributed by atoms with E-state index >= 15 is 0 Å². The van der Waals surface area contributed by atoms with Gasteiger partial charge >= 0.3 is 0 Å². The van der Waals surface area contributed by atoms with Crippen molar-refractivity contribution < 1.29 is 10.0 Å². The van der Waals surface area contributed by atoms with Gasteiger partial charge in [-0.05, 0) is 29.8 Å². The first-order chi connectivity index (χ1) is 14.2. The zero-order chi connectivity index (χ0) is 20.1. The Bertz CT molecular complexity index is 1130. The number of para-hydroxylation sites is 1. The van der Waals surface area contributed by atoms with Crippen LogP contribution in [0.2, 0.25) is 0 Å². The number of hydrogen-bond donors (Lipinski definition) is 2. The molecule has 0 bridgehead atoms. The third-order valence-electron chi connectivity index (χ3n) is 4.40. The minimum absolute atomic E-state index is 0.231. The average Bonchev–Trinajstić information content (AvgIpc) is 3.22. The van der Waals surface area contributed by atoms with Gasteiger partial charge in [-0.3, -0.25) is 4.79 Å². The number of amides is 1. The molecule has 29 heavy (non-hydrogen) atoms. The first kappa shape index (κ1) is 18.2. The van der Waals surface area contributed by atoms with Crippen molar-refractivity contribution in [1.82, 2.24) is 9.78 Å². The Morgan fingerprint density at radius 2 is 1.59 bits per heavy atom. The Morgan fingerprint density at radius 1 is 0.931 bits per heavy atom. The van der Waals surface area contributed by atoms with Crippen molar-refractivity contribution in [3.8, 4) is 16.9 Å². The van der Waals surface area contributed by atoms with Gasteiger partial charge in [0, 0.05) is 17.4 Å². The SMILES string of the molecule is O=C(Nc1ccccc1)c1cn(-c2ccc(/C=N/O)cc2)nc1-c1ccccc1. The van der Waals surface area contributed by atoms with Gasteiger partial charge in [-0.15, -0.1) is 0 Å². The molecule has 4 aromatic rings. The van der Waals surface area contributed by atoms with Gasteiger partial charge in [-0.2, -0.15) is 5.10 Å². The number of carbonyl (C=O) groups excluding carboxylic acids is 1. The van der Waals surface area contributed by atoms with E-state index in [2.05, 4.69) is 15.6 Å². The maximum absolute atomic E-state index is 13.0. The number of aromatic nitrogens is 2. The average molecular weight is 382 g/mol. The second-order valence-corrected chi connectivity index (χ2v) is 6.36. The third-order valence-corrected chi connectivity index (χ3v) is 4.40. The highest BCUT2D eigenvalue weighted by Crippen LogP contribution is 2.24. The molecule has 0 aliphatic heterocycles. The highest BCUT2D eigenvalue weighted by molar-refractivity contribution is 6.08. The van der Waals surface area contributed by atoms with Crippen molar-refractivity contribution in [1.29, 1.82) is 0 Å². The summed E-state index contributed by atoms with van der Waals surface area (Å²) in [5.74, 6) is -0.231. The van der Waals surface area contributed by atoms with Crippen LogP contribution < -0.4 is 5.32 Å². The topological polar surface area (TPSA) is 79.5 Å². The van der Waals surface area contributed by atoms with Gasteiger partial charge in [0.15, 0.2) is 0 Å². The highest BCUT2D eigenvalue weighted by Gasteiger charge is 2.18. The van der Waals surface area contributed by atoms with Crippen molar-refractivity contribution >= 4 is 17.8 Å². The van der Waals surface area contributed by atoms with E-state index in [9.17, 15) is 4.79 Å². The minimum atomic E-state index is -0.231. The molecule has 0 radical (unpaired) electrons. The molecule has 0 saturated heterocycles. The quantitative estimate of drug-likeness (QED) is 0.301. The summed E-state index contributed by atoms with van der Waals surface area (Å²) in [6.07, 6.45) is 3.07. The van der Waals surface area contributed by atoms with Gasteiger partial charge in [-0.1, -0.05) is 65.8 Å². The summed E-state index contributed by atoms with van der Waals surface area (Å²) in [6, 6.07) is 26.2. The molecule has 0 saturated carbocycles. The van der Waals surface area contributed by atoms with E-state index < -0.39 is 0 Å². The standard InChI is InChI=1S/C23H18N4O2/c28-23(25-19-9-5-2-6-10-19)21-16-27(20-13-11-17(12-14-20)15-24-29)26-22(21)18-7-3-1-4-8-18/h1-16,29H,(H,25,28)/b24-15+. The number of benzene rings is 3. The molecule has 6 heteroatoms. The number of carbonyl (C=O) groups is 1. The molecule has 0 aliphatic carbocycles. The molecule has 1 aromatic heterocycles. The molecule has 0 unspecified atom stereocenters. The minimum Gasteiger partial charge on any atom is -0.411 e. The summed E-state index contributed by atoms with van der Waals surface area (Å²) in [5.41, 5.74) is 4.19. The molecule has 0 spiro atoms. The Morgan fingerprint density at radius 3 is 2.24 bits per heavy atom. The maximum atomic E-state index is 13.0. The van der Waals surface area contributed by atoms with Gasteiger partial charge in [-0.25, -0.2) is 4.68 Å². The molecule has 0 fully saturated rings. The molecule has 1 amide bonds. The lowest BCUT2D eigenvalue weighted by Gasteiger charge is -2.05. The monoisotopic (exact) mass is 382 g/mol. The van der Waals surface area contributed by atoms with Crippen LogP contribution >= 0.6 is 0 Å². The number of nitrogens with one attached hydrogen (secondary N) is 1. The maximum Gasteiger partial charge on any atom is 0.259 e. The molecule has 3 aromatic carbocycles. The fourth-order valence-corrected chi connectivity index (χ4v) is 2.98. The normalized spacial score (nSPS) is 10.9. The van der Waals surface area contributed by atoms with Gasteiger partial charge in [0.2, 0.25) is 0 Å². The van der Waals surface area contributed by atoms with E-state index in [1.807, 2.05) is 84.9 Å². The van der Waals surface area contributed by atoms with Crippen LogP contribution in [0.3, 0.4) is 0 Å². The predicted molar refractivity (Wildman–Crippen MR) is 113 cm³/mol. The molecule has 0 aliphatic rings. The van der Waals surface area contributed by atoms with Gasteiger partial charge in [0.05, 0.1) is 17.5 Å². The zero-order valence-electron chi connectivity index (χ0n) is 15.4. The van der Waals surface area contributed by atoms with E-state index in [4.69, 9.17) is 5.21 Å². The number of anilines is 1. The van der Waals surface area contributed by atoms with Crippen molar-refractivity contribution in [3.63, 3.8) is 0 Å². The molecule has 1 heterocycles. The van der Waals surface area contributed by atoms with Gasteiger partial charge in [0.1, 0.15) is 5.69 Å². The lowest BCUT2D eigenvalue weighted by Crippen LogP contribution is -2.12. The summed E-state index contributed by atoms with van der Waals surface area (Å²) in [5, 5.41) is 19.3. The van der Waals surface area contributed by atoms with Gasteiger partial charge < -0.3 is 10.5 Å². The fraction of sp³-hybridized carbons (Fsp3) is 0. The largest absolute Gasteiger partial charge is 0.411 e. The summed E-state index contributed by atoms with van der Waals surface area (Å²) >= 11 is 0. The Balaban J connectivity index is 1.74. The van der Waals surface area contributed by atoms with Crippen LogP contribution in [0.25, 0.3) is 16.9 Å². The van der Waals surface area contributed by atoms with Crippen molar-refractivity contribution in [2.75, 3.05) is 5.32 Å². The first-order valence-corrected chi connectivity index (χ1v) is 9.04. The van der Waals surface area contributed by atoms with Crippen LogP contribution in [0.4, 0.5) is 5.69 Å². The van der Waals surface area contributed by atoms with Crippen LogP contribution in [0.15, 0.2) is 96.3 Å². The summed E-state index contributed by atoms with van der Waals surface area (Å²) in [6.45, 7) is 0. The van der Waals surface area contributed by atoms with Crippen molar-refractivity contribution in [2.24, 2.45) is 5.16 Å². The molecule has 6 nitrogen and oxygen atoms in total. The van der Waals surface area contributed by atoms with E-state index in [-0.39, 0.29) is 5.91 Å².